The van der Waals surface area contributed by atoms with Crippen LogP contribution in [0.2, 0.25) is 0 Å². The first kappa shape index (κ1) is 15.8. The van der Waals surface area contributed by atoms with Gasteiger partial charge in [0.05, 0.1) is 13.0 Å². The van der Waals surface area contributed by atoms with Crippen molar-refractivity contribution in [2.45, 2.75) is 25.8 Å². The zero-order valence-corrected chi connectivity index (χ0v) is 11.5. The van der Waals surface area contributed by atoms with E-state index in [9.17, 15) is 9.59 Å². The Morgan fingerprint density at radius 1 is 1.45 bits per heavy atom. The fourth-order valence-corrected chi connectivity index (χ4v) is 1.63. The molecule has 1 rings (SSSR count). The number of benzene rings is 1. The van der Waals surface area contributed by atoms with Crippen LogP contribution in [0.25, 0.3) is 0 Å². The molecule has 0 heterocycles. The van der Waals surface area contributed by atoms with Crippen LogP contribution in [0, 0.1) is 6.92 Å². The van der Waals surface area contributed by atoms with Gasteiger partial charge in [-0.3, -0.25) is 4.79 Å². The Labute approximate surface area is 118 Å². The zero-order chi connectivity index (χ0) is 15.0. The zero-order valence-electron chi connectivity index (χ0n) is 11.5. The molecule has 0 saturated heterocycles. The highest BCUT2D eigenvalue weighted by molar-refractivity contribution is 5.83. The molecular formula is C15H19NO4. The summed E-state index contributed by atoms with van der Waals surface area (Å²) in [5, 5.41) is 11.3. The summed E-state index contributed by atoms with van der Waals surface area (Å²) in [4.78, 5) is 22.5. The molecule has 0 spiro atoms. The van der Waals surface area contributed by atoms with Gasteiger partial charge in [-0.05, 0) is 25.0 Å². The van der Waals surface area contributed by atoms with Crippen LogP contribution in [-0.2, 0) is 9.59 Å². The molecule has 1 amide bonds. The smallest absolute Gasteiger partial charge is 0.326 e. The fourth-order valence-electron chi connectivity index (χ4n) is 1.63. The van der Waals surface area contributed by atoms with E-state index >= 15 is 0 Å². The predicted octanol–water partition coefficient (Wildman–Crippen LogP) is 1.91. The lowest BCUT2D eigenvalue weighted by Crippen LogP contribution is -2.40. The van der Waals surface area contributed by atoms with Crippen LogP contribution in [0.5, 0.6) is 5.75 Å². The number of aliphatic carboxylic acids is 1. The largest absolute Gasteiger partial charge is 0.493 e. The van der Waals surface area contributed by atoms with Gasteiger partial charge in [-0.15, -0.1) is 6.58 Å². The highest BCUT2D eigenvalue weighted by Crippen LogP contribution is 2.16. The molecule has 0 radical (unpaired) electrons. The van der Waals surface area contributed by atoms with Gasteiger partial charge < -0.3 is 15.2 Å². The minimum absolute atomic E-state index is 0.106. The lowest BCUT2D eigenvalue weighted by atomic mass is 10.2. The summed E-state index contributed by atoms with van der Waals surface area (Å²) in [7, 11) is 0. The molecule has 20 heavy (non-hydrogen) atoms. The average Bonchev–Trinajstić information content (AvgIpc) is 2.40. The summed E-state index contributed by atoms with van der Waals surface area (Å²) in [6.07, 6.45) is 1.76. The molecule has 5 nitrogen and oxygen atoms in total. The van der Waals surface area contributed by atoms with Gasteiger partial charge in [0.2, 0.25) is 5.91 Å². The van der Waals surface area contributed by atoms with Crippen molar-refractivity contribution in [1.29, 1.82) is 0 Å². The molecule has 108 valence electrons. The number of carboxylic acids is 1. The Kier molecular flexibility index (Phi) is 6.29. The van der Waals surface area contributed by atoms with E-state index in [1.54, 1.807) is 0 Å². The minimum Gasteiger partial charge on any atom is -0.493 e. The second-order valence-electron chi connectivity index (χ2n) is 4.35. The molecule has 0 aliphatic carbocycles. The van der Waals surface area contributed by atoms with Crippen molar-refractivity contribution in [2.24, 2.45) is 0 Å². The topological polar surface area (TPSA) is 75.6 Å². The maximum absolute atomic E-state index is 11.6. The first-order valence-corrected chi connectivity index (χ1v) is 6.36. The Balaban J connectivity index is 2.38. The molecule has 5 heteroatoms. The number of para-hydroxylation sites is 1. The number of carboxylic acid groups (broad SMARTS) is 1. The van der Waals surface area contributed by atoms with Crippen LogP contribution in [0.4, 0.5) is 0 Å². The van der Waals surface area contributed by atoms with Crippen molar-refractivity contribution in [2.75, 3.05) is 6.61 Å². The Hall–Kier alpha value is -2.30. The Morgan fingerprint density at radius 2 is 2.15 bits per heavy atom. The molecule has 0 aliphatic heterocycles. The summed E-state index contributed by atoms with van der Waals surface area (Å²) in [6.45, 7) is 5.58. The van der Waals surface area contributed by atoms with E-state index in [0.29, 0.717) is 0 Å². The van der Waals surface area contributed by atoms with Crippen LogP contribution in [-0.4, -0.2) is 29.6 Å². The second-order valence-corrected chi connectivity index (χ2v) is 4.35. The van der Waals surface area contributed by atoms with Crippen molar-refractivity contribution in [3.05, 3.63) is 42.5 Å². The van der Waals surface area contributed by atoms with Crippen molar-refractivity contribution >= 4 is 11.9 Å². The third kappa shape index (κ3) is 5.14. The maximum Gasteiger partial charge on any atom is 0.326 e. The van der Waals surface area contributed by atoms with Crippen LogP contribution < -0.4 is 10.1 Å². The molecule has 1 aromatic carbocycles. The molecule has 0 bridgehead atoms. The van der Waals surface area contributed by atoms with Gasteiger partial charge in [0, 0.05) is 0 Å². The first-order chi connectivity index (χ1) is 9.54. The van der Waals surface area contributed by atoms with E-state index in [1.165, 1.54) is 6.08 Å². The Morgan fingerprint density at radius 3 is 2.75 bits per heavy atom. The first-order valence-electron chi connectivity index (χ1n) is 6.36. The number of carbonyl (C=O) groups is 2. The normalized spacial score (nSPS) is 11.4. The van der Waals surface area contributed by atoms with Gasteiger partial charge in [-0.2, -0.15) is 0 Å². The summed E-state index contributed by atoms with van der Waals surface area (Å²) in [5.41, 5.74) is 0.989. The van der Waals surface area contributed by atoms with Crippen LogP contribution in [0.15, 0.2) is 36.9 Å². The van der Waals surface area contributed by atoms with Crippen molar-refractivity contribution < 1.29 is 19.4 Å². The molecule has 0 aliphatic rings. The highest BCUT2D eigenvalue weighted by atomic mass is 16.5. The summed E-state index contributed by atoms with van der Waals surface area (Å²) >= 11 is 0. The van der Waals surface area contributed by atoms with Crippen LogP contribution in [0.3, 0.4) is 0 Å². The molecule has 2 N–H and O–H groups in total. The van der Waals surface area contributed by atoms with Gasteiger partial charge in [-0.1, -0.05) is 24.3 Å². The van der Waals surface area contributed by atoms with Crippen molar-refractivity contribution in [3.8, 4) is 5.75 Å². The van der Waals surface area contributed by atoms with E-state index in [4.69, 9.17) is 9.84 Å². The van der Waals surface area contributed by atoms with E-state index < -0.39 is 12.0 Å². The third-order valence-electron chi connectivity index (χ3n) is 2.72. The van der Waals surface area contributed by atoms with E-state index in [2.05, 4.69) is 11.9 Å². The third-order valence-corrected chi connectivity index (χ3v) is 2.72. The average molecular weight is 277 g/mol. The number of nitrogens with one attached hydrogen (secondary N) is 1. The molecule has 0 fully saturated rings. The SMILES string of the molecule is C=CCC(NC(=O)CCOc1ccccc1C)C(=O)O. The summed E-state index contributed by atoms with van der Waals surface area (Å²) < 4.78 is 5.48. The number of amides is 1. The number of ether oxygens (including phenoxy) is 1. The summed E-state index contributed by atoms with van der Waals surface area (Å²) in [6, 6.07) is 6.57. The van der Waals surface area contributed by atoms with E-state index in [-0.39, 0.29) is 25.4 Å². The monoisotopic (exact) mass is 277 g/mol. The van der Waals surface area contributed by atoms with Gasteiger partial charge in [0.25, 0.3) is 0 Å². The van der Waals surface area contributed by atoms with Crippen LogP contribution in [0.1, 0.15) is 18.4 Å². The van der Waals surface area contributed by atoms with Gasteiger partial charge in [0.1, 0.15) is 11.8 Å². The second kappa shape index (κ2) is 7.99. The molecular weight excluding hydrogens is 258 g/mol. The number of rotatable bonds is 8. The maximum atomic E-state index is 11.6. The van der Waals surface area contributed by atoms with Crippen molar-refractivity contribution in [1.82, 2.24) is 5.32 Å². The molecule has 1 aromatic rings. The van der Waals surface area contributed by atoms with Gasteiger partial charge >= 0.3 is 5.97 Å². The lowest BCUT2D eigenvalue weighted by molar-refractivity contribution is -0.141. The highest BCUT2D eigenvalue weighted by Gasteiger charge is 2.17. The van der Waals surface area contributed by atoms with Gasteiger partial charge in [0.15, 0.2) is 0 Å². The number of hydrogen-bond acceptors (Lipinski definition) is 3. The summed E-state index contributed by atoms with van der Waals surface area (Å²) in [5.74, 6) is -0.702. The molecule has 1 atom stereocenters. The Bertz CT molecular complexity index is 485. The number of aryl methyl sites for hydroxylation is 1. The fraction of sp³-hybridized carbons (Fsp3) is 0.333. The quantitative estimate of drug-likeness (QED) is 0.712. The molecule has 1 unspecified atom stereocenters. The lowest BCUT2D eigenvalue weighted by Gasteiger charge is -2.13. The number of hydrogen-bond donors (Lipinski definition) is 2. The molecule has 0 saturated carbocycles. The predicted molar refractivity (Wildman–Crippen MR) is 75.7 cm³/mol. The van der Waals surface area contributed by atoms with E-state index in [1.807, 2.05) is 31.2 Å². The standard InChI is InChI=1S/C15H19NO4/c1-3-6-12(15(18)19)16-14(17)9-10-20-13-8-5-4-7-11(13)2/h3-5,7-8,12H,1,6,9-10H2,2H3,(H,16,17)(H,18,19). The number of carbonyl (C=O) groups excluding carboxylic acids is 1. The van der Waals surface area contributed by atoms with Crippen molar-refractivity contribution in [3.63, 3.8) is 0 Å². The van der Waals surface area contributed by atoms with Crippen LogP contribution >= 0.6 is 0 Å². The minimum atomic E-state index is -1.07. The molecule has 0 aromatic heterocycles. The van der Waals surface area contributed by atoms with E-state index in [0.717, 1.165) is 11.3 Å². The van der Waals surface area contributed by atoms with Gasteiger partial charge in [-0.25, -0.2) is 4.79 Å².